The fourth-order valence-corrected chi connectivity index (χ4v) is 2.06. The van der Waals surface area contributed by atoms with Crippen molar-refractivity contribution in [3.8, 4) is 11.4 Å². The topological polar surface area (TPSA) is 63.8 Å². The van der Waals surface area contributed by atoms with Crippen LogP contribution in [0.25, 0.3) is 11.4 Å². The van der Waals surface area contributed by atoms with Crippen LogP contribution in [0.5, 0.6) is 0 Å². The lowest BCUT2D eigenvalue weighted by Crippen LogP contribution is -2.41. The Morgan fingerprint density at radius 1 is 1.35 bits per heavy atom. The Morgan fingerprint density at radius 3 is 2.75 bits per heavy atom. The molecule has 0 aliphatic heterocycles. The Bertz CT molecular complexity index is 530. The Kier molecular flexibility index (Phi) is 4.49. The lowest BCUT2D eigenvalue weighted by atomic mass is 9.84. The molecule has 0 bridgehead atoms. The Balaban J connectivity index is 2.13. The summed E-state index contributed by atoms with van der Waals surface area (Å²) in [7, 11) is 0. The zero-order valence-corrected chi connectivity index (χ0v) is 12.6. The fourth-order valence-electron chi connectivity index (χ4n) is 2.06. The maximum atomic E-state index is 5.36. The van der Waals surface area contributed by atoms with E-state index in [0.29, 0.717) is 17.8 Å². The van der Waals surface area contributed by atoms with E-state index in [9.17, 15) is 0 Å². The SMILES string of the molecule is CCNC(Cc1nc(-c2cccnc2)no1)C(C)(C)C. The molecule has 108 valence electrons. The molecule has 1 atom stereocenters. The van der Waals surface area contributed by atoms with Crippen molar-refractivity contribution in [1.82, 2.24) is 20.4 Å². The van der Waals surface area contributed by atoms with Crippen LogP contribution in [0.1, 0.15) is 33.6 Å². The van der Waals surface area contributed by atoms with E-state index in [0.717, 1.165) is 18.5 Å². The largest absolute Gasteiger partial charge is 0.339 e. The van der Waals surface area contributed by atoms with Gasteiger partial charge in [-0.25, -0.2) is 0 Å². The van der Waals surface area contributed by atoms with Crippen LogP contribution in [0.2, 0.25) is 0 Å². The monoisotopic (exact) mass is 274 g/mol. The molecule has 0 aromatic carbocycles. The average Bonchev–Trinajstić information content (AvgIpc) is 2.87. The van der Waals surface area contributed by atoms with Gasteiger partial charge < -0.3 is 9.84 Å². The number of pyridine rings is 1. The number of hydrogen-bond acceptors (Lipinski definition) is 5. The normalized spacial score (nSPS) is 13.4. The van der Waals surface area contributed by atoms with Crippen LogP contribution in [0.15, 0.2) is 29.0 Å². The quantitative estimate of drug-likeness (QED) is 0.908. The minimum Gasteiger partial charge on any atom is -0.339 e. The summed E-state index contributed by atoms with van der Waals surface area (Å²) < 4.78 is 5.36. The summed E-state index contributed by atoms with van der Waals surface area (Å²) in [5, 5.41) is 7.51. The predicted molar refractivity (Wildman–Crippen MR) is 78.2 cm³/mol. The molecule has 0 spiro atoms. The second-order valence-electron chi connectivity index (χ2n) is 5.93. The predicted octanol–water partition coefficient (Wildman–Crippen LogP) is 2.70. The second kappa shape index (κ2) is 6.13. The first-order chi connectivity index (χ1) is 9.50. The summed E-state index contributed by atoms with van der Waals surface area (Å²) >= 11 is 0. The zero-order chi connectivity index (χ0) is 14.6. The smallest absolute Gasteiger partial charge is 0.228 e. The van der Waals surface area contributed by atoms with E-state index >= 15 is 0 Å². The second-order valence-corrected chi connectivity index (χ2v) is 5.93. The highest BCUT2D eigenvalue weighted by Gasteiger charge is 2.26. The van der Waals surface area contributed by atoms with Gasteiger partial charge >= 0.3 is 0 Å². The molecule has 5 heteroatoms. The minimum atomic E-state index is 0.138. The van der Waals surface area contributed by atoms with Crippen molar-refractivity contribution in [2.75, 3.05) is 6.54 Å². The summed E-state index contributed by atoms with van der Waals surface area (Å²) in [4.78, 5) is 8.52. The fraction of sp³-hybridized carbons (Fsp3) is 0.533. The maximum absolute atomic E-state index is 5.36. The van der Waals surface area contributed by atoms with Crippen LogP contribution in [0.3, 0.4) is 0 Å². The third-order valence-electron chi connectivity index (χ3n) is 3.26. The molecule has 0 aliphatic carbocycles. The van der Waals surface area contributed by atoms with Gasteiger partial charge in [-0.15, -0.1) is 0 Å². The van der Waals surface area contributed by atoms with E-state index in [2.05, 4.69) is 48.1 Å². The van der Waals surface area contributed by atoms with Gasteiger partial charge in [-0.05, 0) is 24.1 Å². The van der Waals surface area contributed by atoms with Gasteiger partial charge in [0.1, 0.15) is 0 Å². The number of likely N-dealkylation sites (N-methyl/N-ethyl adjacent to an activating group) is 1. The van der Waals surface area contributed by atoms with Crippen LogP contribution >= 0.6 is 0 Å². The van der Waals surface area contributed by atoms with E-state index in [4.69, 9.17) is 4.52 Å². The zero-order valence-electron chi connectivity index (χ0n) is 12.6. The van der Waals surface area contributed by atoms with Gasteiger partial charge in [0.25, 0.3) is 0 Å². The van der Waals surface area contributed by atoms with Crippen LogP contribution in [-0.4, -0.2) is 27.7 Å². The summed E-state index contributed by atoms with van der Waals surface area (Å²) in [6, 6.07) is 4.09. The lowest BCUT2D eigenvalue weighted by Gasteiger charge is -2.30. The molecular formula is C15H22N4O. The summed E-state index contributed by atoms with van der Waals surface area (Å²) in [5.74, 6) is 1.25. The summed E-state index contributed by atoms with van der Waals surface area (Å²) in [5.41, 5.74) is 1.01. The van der Waals surface area contributed by atoms with Gasteiger partial charge in [0.2, 0.25) is 11.7 Å². The maximum Gasteiger partial charge on any atom is 0.228 e. The lowest BCUT2D eigenvalue weighted by molar-refractivity contribution is 0.247. The number of aromatic nitrogens is 3. The molecule has 0 saturated heterocycles. The Morgan fingerprint density at radius 2 is 2.15 bits per heavy atom. The van der Waals surface area contributed by atoms with E-state index in [1.165, 1.54) is 0 Å². The van der Waals surface area contributed by atoms with Crippen molar-refractivity contribution in [2.45, 2.75) is 40.2 Å². The van der Waals surface area contributed by atoms with Crippen LogP contribution in [-0.2, 0) is 6.42 Å². The van der Waals surface area contributed by atoms with E-state index in [1.54, 1.807) is 12.4 Å². The molecule has 0 aliphatic rings. The number of rotatable bonds is 5. The molecule has 1 N–H and O–H groups in total. The molecule has 1 unspecified atom stereocenters. The van der Waals surface area contributed by atoms with Gasteiger partial charge in [-0.1, -0.05) is 32.9 Å². The van der Waals surface area contributed by atoms with E-state index < -0.39 is 0 Å². The third kappa shape index (κ3) is 3.63. The molecule has 2 aromatic heterocycles. The first kappa shape index (κ1) is 14.7. The molecule has 5 nitrogen and oxygen atoms in total. The molecule has 2 aromatic rings. The molecular weight excluding hydrogens is 252 g/mol. The van der Waals surface area contributed by atoms with Gasteiger partial charge in [0.15, 0.2) is 0 Å². The minimum absolute atomic E-state index is 0.138. The Hall–Kier alpha value is -1.75. The van der Waals surface area contributed by atoms with Crippen molar-refractivity contribution >= 4 is 0 Å². The standard InChI is InChI=1S/C15H22N4O/c1-5-17-12(15(2,3)4)9-13-18-14(19-20-13)11-7-6-8-16-10-11/h6-8,10,12,17H,5,9H2,1-4H3. The molecule has 2 heterocycles. The highest BCUT2D eigenvalue weighted by molar-refractivity contribution is 5.51. The molecule has 2 rings (SSSR count). The van der Waals surface area contributed by atoms with Crippen molar-refractivity contribution in [2.24, 2.45) is 5.41 Å². The van der Waals surface area contributed by atoms with Crippen molar-refractivity contribution < 1.29 is 4.52 Å². The van der Waals surface area contributed by atoms with Gasteiger partial charge in [-0.2, -0.15) is 4.98 Å². The molecule has 20 heavy (non-hydrogen) atoms. The first-order valence-electron chi connectivity index (χ1n) is 6.97. The number of nitrogens with zero attached hydrogens (tertiary/aromatic N) is 3. The Labute approximate surface area is 119 Å². The van der Waals surface area contributed by atoms with E-state index in [1.807, 2.05) is 12.1 Å². The molecule has 0 amide bonds. The van der Waals surface area contributed by atoms with Crippen LogP contribution in [0.4, 0.5) is 0 Å². The number of nitrogens with one attached hydrogen (secondary N) is 1. The van der Waals surface area contributed by atoms with Crippen molar-refractivity contribution in [3.63, 3.8) is 0 Å². The first-order valence-corrected chi connectivity index (χ1v) is 6.97. The average molecular weight is 274 g/mol. The van der Waals surface area contributed by atoms with Crippen LogP contribution < -0.4 is 5.32 Å². The highest BCUT2D eigenvalue weighted by atomic mass is 16.5. The van der Waals surface area contributed by atoms with Crippen molar-refractivity contribution in [3.05, 3.63) is 30.4 Å². The van der Waals surface area contributed by atoms with Crippen molar-refractivity contribution in [1.29, 1.82) is 0 Å². The molecule has 0 saturated carbocycles. The van der Waals surface area contributed by atoms with Crippen LogP contribution in [0, 0.1) is 5.41 Å². The van der Waals surface area contributed by atoms with Gasteiger partial charge in [0, 0.05) is 30.4 Å². The van der Waals surface area contributed by atoms with E-state index in [-0.39, 0.29) is 5.41 Å². The van der Waals surface area contributed by atoms with Gasteiger partial charge in [0.05, 0.1) is 0 Å². The third-order valence-corrected chi connectivity index (χ3v) is 3.26. The summed E-state index contributed by atoms with van der Waals surface area (Å²) in [6.45, 7) is 9.65. The highest BCUT2D eigenvalue weighted by Crippen LogP contribution is 2.23. The van der Waals surface area contributed by atoms with Gasteiger partial charge in [-0.3, -0.25) is 4.98 Å². The molecule has 0 radical (unpaired) electrons. The molecule has 0 fully saturated rings. The number of hydrogen-bond donors (Lipinski definition) is 1. The summed E-state index contributed by atoms with van der Waals surface area (Å²) in [6.07, 6.45) is 4.19.